The van der Waals surface area contributed by atoms with E-state index >= 15 is 0 Å². The third-order valence-electron chi connectivity index (χ3n) is 11.9. The maximum Gasteiger partial charge on any atom is 0.164 e. The Morgan fingerprint density at radius 3 is 2.18 bits per heavy atom. The third kappa shape index (κ3) is 4.99. The zero-order chi connectivity index (χ0) is 37.7. The zero-order valence-electron chi connectivity index (χ0n) is 31.0. The van der Waals surface area contributed by atoms with Crippen LogP contribution in [0.5, 0.6) is 0 Å². The van der Waals surface area contributed by atoms with Gasteiger partial charge in [0.05, 0.1) is 0 Å². The number of fused-ring (bicyclic) bond motifs is 10. The van der Waals surface area contributed by atoms with E-state index in [1.807, 2.05) is 30.3 Å². The van der Waals surface area contributed by atoms with Crippen molar-refractivity contribution in [3.05, 3.63) is 181 Å². The molecule has 10 aromatic rings. The SMILES string of the molecule is CC12C=Cc3ccccc3C1=CC(c1nc(-c3ccccc3)nc(-c3cccc4oc5c(-c6ccc7oc8cc9ccccc9cc8c7c6)cccc5c34)n1)=CC2. The minimum atomic E-state index is -0.0986. The fourth-order valence-corrected chi connectivity index (χ4v) is 8.90. The molecule has 5 heteroatoms. The number of furan rings is 2. The Balaban J connectivity index is 1.03. The van der Waals surface area contributed by atoms with Crippen molar-refractivity contribution < 1.29 is 8.83 Å². The van der Waals surface area contributed by atoms with Gasteiger partial charge in [0, 0.05) is 49.2 Å². The van der Waals surface area contributed by atoms with Crippen molar-refractivity contribution in [2.75, 3.05) is 0 Å². The number of allylic oxidation sites excluding steroid dienone is 5. The summed E-state index contributed by atoms with van der Waals surface area (Å²) in [7, 11) is 0. The molecule has 12 rings (SSSR count). The molecule has 268 valence electrons. The van der Waals surface area contributed by atoms with E-state index in [0.29, 0.717) is 17.5 Å². The van der Waals surface area contributed by atoms with Gasteiger partial charge in [0.2, 0.25) is 0 Å². The first kappa shape index (κ1) is 31.9. The highest BCUT2D eigenvalue weighted by molar-refractivity contribution is 6.16. The van der Waals surface area contributed by atoms with Gasteiger partial charge in [-0.1, -0.05) is 140 Å². The number of aromatic nitrogens is 3. The second kappa shape index (κ2) is 12.1. The summed E-state index contributed by atoms with van der Waals surface area (Å²) in [5.41, 5.74) is 11.9. The molecule has 0 spiro atoms. The van der Waals surface area contributed by atoms with Crippen LogP contribution in [0.4, 0.5) is 0 Å². The number of hydrogen-bond donors (Lipinski definition) is 0. The molecule has 0 amide bonds. The normalized spacial score (nSPS) is 16.3. The fraction of sp³-hybridized carbons (Fsp3) is 0.0577. The van der Waals surface area contributed by atoms with Gasteiger partial charge in [-0.15, -0.1) is 0 Å². The average molecular weight is 732 g/mol. The summed E-state index contributed by atoms with van der Waals surface area (Å²) < 4.78 is 13.1. The lowest BCUT2D eigenvalue weighted by molar-refractivity contribution is 0.579. The van der Waals surface area contributed by atoms with Crippen LogP contribution < -0.4 is 0 Å². The Bertz CT molecular complexity index is 3400. The lowest BCUT2D eigenvalue weighted by atomic mass is 9.68. The van der Waals surface area contributed by atoms with E-state index < -0.39 is 0 Å². The molecule has 0 saturated heterocycles. The summed E-state index contributed by atoms with van der Waals surface area (Å²) in [6.45, 7) is 2.31. The summed E-state index contributed by atoms with van der Waals surface area (Å²) in [6, 6.07) is 50.5. The average Bonchev–Trinajstić information content (AvgIpc) is 3.83. The number of hydrogen-bond acceptors (Lipinski definition) is 5. The topological polar surface area (TPSA) is 65.0 Å². The van der Waals surface area contributed by atoms with E-state index in [2.05, 4.69) is 146 Å². The largest absolute Gasteiger partial charge is 0.456 e. The molecule has 0 aliphatic heterocycles. The molecular formula is C52H33N3O2. The van der Waals surface area contributed by atoms with Crippen molar-refractivity contribution in [1.82, 2.24) is 15.0 Å². The molecule has 1 atom stereocenters. The van der Waals surface area contributed by atoms with Crippen molar-refractivity contribution in [1.29, 1.82) is 0 Å². The molecule has 2 aliphatic rings. The van der Waals surface area contributed by atoms with Crippen LogP contribution in [-0.2, 0) is 0 Å². The molecule has 0 radical (unpaired) electrons. The molecule has 5 nitrogen and oxygen atoms in total. The van der Waals surface area contributed by atoms with Crippen LogP contribution in [0.2, 0.25) is 0 Å². The number of benzene rings is 7. The molecule has 57 heavy (non-hydrogen) atoms. The fourth-order valence-electron chi connectivity index (χ4n) is 8.90. The highest BCUT2D eigenvalue weighted by Gasteiger charge is 2.33. The van der Waals surface area contributed by atoms with E-state index in [0.717, 1.165) is 83.5 Å². The standard InChI is InChI=1S/C52H33N3O2/c1-52-25-23-31-11-7-8-16-37(31)43(52)29-36(24-26-52)50-53-49(32-12-3-2-4-13-32)54-51(55-50)40-19-10-20-45-47(40)39-18-9-17-38(48(39)57-45)35-21-22-44-41(28-35)42-27-33-14-5-6-15-34(33)30-46(42)56-44/h2-25,27-30H,26H2,1H3. The summed E-state index contributed by atoms with van der Waals surface area (Å²) >= 11 is 0. The Hall–Kier alpha value is -7.37. The first-order valence-corrected chi connectivity index (χ1v) is 19.4. The van der Waals surface area contributed by atoms with E-state index in [1.54, 1.807) is 0 Å². The first-order chi connectivity index (χ1) is 28.1. The summed E-state index contributed by atoms with van der Waals surface area (Å²) in [5.74, 6) is 1.89. The van der Waals surface area contributed by atoms with Crippen LogP contribution in [-0.4, -0.2) is 15.0 Å². The van der Waals surface area contributed by atoms with Crippen LogP contribution in [0, 0.1) is 5.41 Å². The summed E-state index contributed by atoms with van der Waals surface area (Å²) in [5, 5.41) is 6.51. The van der Waals surface area contributed by atoms with Gasteiger partial charge in [-0.2, -0.15) is 0 Å². The van der Waals surface area contributed by atoms with E-state index in [9.17, 15) is 0 Å². The van der Waals surface area contributed by atoms with E-state index in [1.165, 1.54) is 22.1 Å². The van der Waals surface area contributed by atoms with E-state index in [-0.39, 0.29) is 5.41 Å². The molecule has 0 fully saturated rings. The van der Waals surface area contributed by atoms with Gasteiger partial charge in [0.15, 0.2) is 17.5 Å². The van der Waals surface area contributed by atoms with Gasteiger partial charge in [-0.05, 0) is 75.9 Å². The molecule has 3 heterocycles. The Morgan fingerprint density at radius 2 is 1.26 bits per heavy atom. The first-order valence-electron chi connectivity index (χ1n) is 19.4. The van der Waals surface area contributed by atoms with Gasteiger partial charge in [0.1, 0.15) is 22.3 Å². The molecule has 2 aliphatic carbocycles. The smallest absolute Gasteiger partial charge is 0.164 e. The lowest BCUT2D eigenvalue weighted by Crippen LogP contribution is -2.21. The molecule has 3 aromatic heterocycles. The monoisotopic (exact) mass is 731 g/mol. The van der Waals surface area contributed by atoms with Gasteiger partial charge < -0.3 is 8.83 Å². The maximum atomic E-state index is 6.78. The number of para-hydroxylation sites is 1. The van der Waals surface area contributed by atoms with Crippen LogP contribution in [0.25, 0.3) is 106 Å². The van der Waals surface area contributed by atoms with Crippen molar-refractivity contribution >= 4 is 71.9 Å². The molecule has 0 bridgehead atoms. The van der Waals surface area contributed by atoms with Crippen LogP contribution in [0.15, 0.2) is 173 Å². The summed E-state index contributed by atoms with van der Waals surface area (Å²) in [4.78, 5) is 15.5. The maximum absolute atomic E-state index is 6.78. The number of nitrogens with zero attached hydrogens (tertiary/aromatic N) is 3. The van der Waals surface area contributed by atoms with Gasteiger partial charge in [0.25, 0.3) is 0 Å². The van der Waals surface area contributed by atoms with Crippen LogP contribution in [0.1, 0.15) is 30.3 Å². The predicted octanol–water partition coefficient (Wildman–Crippen LogP) is 13.7. The summed E-state index contributed by atoms with van der Waals surface area (Å²) in [6.07, 6.45) is 9.99. The molecule has 0 saturated carbocycles. The molecular weight excluding hydrogens is 699 g/mol. The highest BCUT2D eigenvalue weighted by Crippen LogP contribution is 2.49. The van der Waals surface area contributed by atoms with E-state index in [4.69, 9.17) is 23.8 Å². The zero-order valence-corrected chi connectivity index (χ0v) is 31.0. The van der Waals surface area contributed by atoms with Crippen molar-refractivity contribution in [3.63, 3.8) is 0 Å². The Morgan fingerprint density at radius 1 is 0.526 bits per heavy atom. The van der Waals surface area contributed by atoms with Crippen molar-refractivity contribution in [3.8, 4) is 33.9 Å². The molecule has 7 aromatic carbocycles. The van der Waals surface area contributed by atoms with Gasteiger partial charge in [-0.3, -0.25) is 0 Å². The second-order valence-electron chi connectivity index (χ2n) is 15.4. The van der Waals surface area contributed by atoms with Gasteiger partial charge in [-0.25, -0.2) is 15.0 Å². The Labute approximate surface area is 328 Å². The quantitative estimate of drug-likeness (QED) is 0.180. The minimum Gasteiger partial charge on any atom is -0.456 e. The predicted molar refractivity (Wildman–Crippen MR) is 232 cm³/mol. The highest BCUT2D eigenvalue weighted by atomic mass is 16.3. The third-order valence-corrected chi connectivity index (χ3v) is 11.9. The van der Waals surface area contributed by atoms with Crippen molar-refractivity contribution in [2.45, 2.75) is 13.3 Å². The van der Waals surface area contributed by atoms with Crippen LogP contribution in [0.3, 0.4) is 0 Å². The Kier molecular flexibility index (Phi) is 6.76. The van der Waals surface area contributed by atoms with Crippen LogP contribution >= 0.6 is 0 Å². The second-order valence-corrected chi connectivity index (χ2v) is 15.4. The number of rotatable bonds is 4. The lowest BCUT2D eigenvalue weighted by Gasteiger charge is -2.35. The molecule has 0 N–H and O–H groups in total. The van der Waals surface area contributed by atoms with Gasteiger partial charge >= 0.3 is 0 Å². The minimum absolute atomic E-state index is 0.0986. The van der Waals surface area contributed by atoms with Crippen molar-refractivity contribution in [2.24, 2.45) is 5.41 Å². The molecule has 1 unspecified atom stereocenters.